The van der Waals surface area contributed by atoms with Crippen LogP contribution in [0.1, 0.15) is 18.4 Å². The fraction of sp³-hybridized carbons (Fsp3) is 0.357. The van der Waals surface area contributed by atoms with E-state index in [-0.39, 0.29) is 0 Å². The minimum Gasteiger partial charge on any atom is -0.450 e. The van der Waals surface area contributed by atoms with Crippen LogP contribution >= 0.6 is 0 Å². The van der Waals surface area contributed by atoms with Crippen molar-refractivity contribution in [3.63, 3.8) is 0 Å². The van der Waals surface area contributed by atoms with Crippen LogP contribution in [0.2, 0.25) is 0 Å². The van der Waals surface area contributed by atoms with Crippen LogP contribution in [0.25, 0.3) is 11.5 Å². The molecule has 2 aromatic rings. The fourth-order valence-corrected chi connectivity index (χ4v) is 1.73. The van der Waals surface area contributed by atoms with Gasteiger partial charge in [0.1, 0.15) is 0 Å². The lowest BCUT2D eigenvalue weighted by molar-refractivity contribution is 0.152. The van der Waals surface area contributed by atoms with E-state index < -0.39 is 6.09 Å². The molecule has 1 N–H and O–H groups in total. The fourth-order valence-electron chi connectivity index (χ4n) is 1.73. The lowest BCUT2D eigenvalue weighted by atomic mass is 10.1. The van der Waals surface area contributed by atoms with Crippen LogP contribution < -0.4 is 5.32 Å². The third-order valence-electron chi connectivity index (χ3n) is 2.73. The van der Waals surface area contributed by atoms with Gasteiger partial charge in [-0.25, -0.2) is 4.79 Å². The van der Waals surface area contributed by atoms with Gasteiger partial charge in [-0.2, -0.15) is 0 Å². The molecule has 0 aliphatic carbocycles. The molecule has 0 saturated heterocycles. The number of amides is 1. The van der Waals surface area contributed by atoms with E-state index in [2.05, 4.69) is 15.5 Å². The second-order valence-electron chi connectivity index (χ2n) is 4.21. The second kappa shape index (κ2) is 6.70. The molecule has 0 unspecified atom stereocenters. The van der Waals surface area contributed by atoms with E-state index in [9.17, 15) is 4.79 Å². The van der Waals surface area contributed by atoms with Crippen LogP contribution in [0, 0.1) is 6.92 Å². The topological polar surface area (TPSA) is 77.2 Å². The van der Waals surface area contributed by atoms with E-state index in [1.807, 2.05) is 31.2 Å². The largest absolute Gasteiger partial charge is 0.450 e. The van der Waals surface area contributed by atoms with Crippen LogP contribution in [0.4, 0.5) is 4.79 Å². The maximum absolute atomic E-state index is 11.1. The van der Waals surface area contributed by atoms with Gasteiger partial charge in [0.25, 0.3) is 0 Å². The number of nitrogens with one attached hydrogen (secondary N) is 1. The third-order valence-corrected chi connectivity index (χ3v) is 2.73. The molecule has 0 aliphatic rings. The summed E-state index contributed by atoms with van der Waals surface area (Å²) in [7, 11) is 0. The van der Waals surface area contributed by atoms with Gasteiger partial charge in [0, 0.05) is 18.5 Å². The van der Waals surface area contributed by atoms with Crippen LogP contribution in [-0.4, -0.2) is 29.4 Å². The van der Waals surface area contributed by atoms with Crippen LogP contribution in [-0.2, 0) is 11.2 Å². The standard InChI is InChI=1S/C14H17N3O3/c1-3-19-14(18)15-9-8-12-16-17-13(20-12)11-7-5-4-6-10(11)2/h4-7H,3,8-9H2,1-2H3,(H,15,18). The molecule has 0 fully saturated rings. The lowest BCUT2D eigenvalue weighted by Crippen LogP contribution is -2.26. The first-order valence-electron chi connectivity index (χ1n) is 6.49. The van der Waals surface area contributed by atoms with E-state index in [0.29, 0.717) is 31.4 Å². The summed E-state index contributed by atoms with van der Waals surface area (Å²) < 4.78 is 10.3. The van der Waals surface area contributed by atoms with Crippen molar-refractivity contribution in [2.24, 2.45) is 0 Å². The van der Waals surface area contributed by atoms with E-state index in [4.69, 9.17) is 9.15 Å². The Labute approximate surface area is 117 Å². The number of nitrogens with zero attached hydrogens (tertiary/aromatic N) is 2. The number of aromatic nitrogens is 2. The average molecular weight is 275 g/mol. The maximum atomic E-state index is 11.1. The number of rotatable bonds is 5. The summed E-state index contributed by atoms with van der Waals surface area (Å²) in [6.45, 7) is 4.49. The molecule has 0 saturated carbocycles. The quantitative estimate of drug-likeness (QED) is 0.906. The van der Waals surface area contributed by atoms with Gasteiger partial charge in [0.15, 0.2) is 0 Å². The molecule has 0 spiro atoms. The molecule has 20 heavy (non-hydrogen) atoms. The SMILES string of the molecule is CCOC(=O)NCCc1nnc(-c2ccccc2C)o1. The smallest absolute Gasteiger partial charge is 0.407 e. The predicted octanol–water partition coefficient (Wildman–Crippen LogP) is 2.33. The summed E-state index contributed by atoms with van der Waals surface area (Å²) in [6, 6.07) is 7.80. The molecule has 6 heteroatoms. The van der Waals surface area contributed by atoms with Gasteiger partial charge in [-0.15, -0.1) is 10.2 Å². The number of hydrogen-bond acceptors (Lipinski definition) is 5. The van der Waals surface area contributed by atoms with Crippen molar-refractivity contribution < 1.29 is 13.9 Å². The lowest BCUT2D eigenvalue weighted by Gasteiger charge is -2.02. The highest BCUT2D eigenvalue weighted by molar-refractivity contribution is 5.67. The van der Waals surface area contributed by atoms with Crippen LogP contribution in [0.3, 0.4) is 0 Å². The van der Waals surface area contributed by atoms with E-state index in [0.717, 1.165) is 11.1 Å². The molecule has 106 valence electrons. The molecule has 0 atom stereocenters. The molecular formula is C14H17N3O3. The van der Waals surface area contributed by atoms with Crippen molar-refractivity contribution >= 4 is 6.09 Å². The summed E-state index contributed by atoms with van der Waals surface area (Å²) >= 11 is 0. The Morgan fingerprint density at radius 3 is 2.90 bits per heavy atom. The van der Waals surface area contributed by atoms with Gasteiger partial charge in [-0.05, 0) is 25.5 Å². The predicted molar refractivity (Wildman–Crippen MR) is 73.2 cm³/mol. The van der Waals surface area contributed by atoms with Crippen LogP contribution in [0.15, 0.2) is 28.7 Å². The highest BCUT2D eigenvalue weighted by Gasteiger charge is 2.10. The van der Waals surface area contributed by atoms with Gasteiger partial charge in [0.2, 0.25) is 11.8 Å². The number of benzene rings is 1. The summed E-state index contributed by atoms with van der Waals surface area (Å²) in [4.78, 5) is 11.1. The Hall–Kier alpha value is -2.37. The Kier molecular flexibility index (Phi) is 4.70. The normalized spacial score (nSPS) is 10.3. The molecule has 0 aliphatic heterocycles. The Morgan fingerprint density at radius 1 is 1.35 bits per heavy atom. The van der Waals surface area contributed by atoms with Gasteiger partial charge in [0.05, 0.1) is 6.61 Å². The highest BCUT2D eigenvalue weighted by Crippen LogP contribution is 2.21. The van der Waals surface area contributed by atoms with Gasteiger partial charge < -0.3 is 14.5 Å². The summed E-state index contributed by atoms with van der Waals surface area (Å²) in [6.07, 6.45) is 0.0312. The molecule has 1 aromatic heterocycles. The number of alkyl carbamates (subject to hydrolysis) is 1. The van der Waals surface area contributed by atoms with Crippen molar-refractivity contribution in [2.45, 2.75) is 20.3 Å². The average Bonchev–Trinajstić information content (AvgIpc) is 2.88. The minimum atomic E-state index is -0.439. The third kappa shape index (κ3) is 3.57. The second-order valence-corrected chi connectivity index (χ2v) is 4.21. The Bertz CT molecular complexity index is 581. The number of hydrogen-bond donors (Lipinski definition) is 1. The molecular weight excluding hydrogens is 258 g/mol. The van der Waals surface area contributed by atoms with Crippen molar-refractivity contribution in [1.82, 2.24) is 15.5 Å². The molecule has 0 bridgehead atoms. The maximum Gasteiger partial charge on any atom is 0.407 e. The number of carbonyl (C=O) groups excluding carboxylic acids is 1. The van der Waals surface area contributed by atoms with Crippen molar-refractivity contribution in [1.29, 1.82) is 0 Å². The van der Waals surface area contributed by atoms with Gasteiger partial charge >= 0.3 is 6.09 Å². The monoisotopic (exact) mass is 275 g/mol. The summed E-state index contributed by atoms with van der Waals surface area (Å²) in [5.74, 6) is 0.981. The first-order valence-corrected chi connectivity index (χ1v) is 6.49. The molecule has 1 amide bonds. The summed E-state index contributed by atoms with van der Waals surface area (Å²) in [5.41, 5.74) is 2.00. The minimum absolute atomic E-state index is 0.351. The van der Waals surface area contributed by atoms with E-state index in [1.54, 1.807) is 6.92 Å². The zero-order valence-electron chi connectivity index (χ0n) is 11.5. The highest BCUT2D eigenvalue weighted by atomic mass is 16.5. The molecule has 1 aromatic carbocycles. The van der Waals surface area contributed by atoms with Crippen molar-refractivity contribution in [2.75, 3.05) is 13.2 Å². The zero-order valence-corrected chi connectivity index (χ0v) is 11.5. The van der Waals surface area contributed by atoms with Crippen LogP contribution in [0.5, 0.6) is 0 Å². The number of aryl methyl sites for hydroxylation is 1. The molecule has 6 nitrogen and oxygen atoms in total. The van der Waals surface area contributed by atoms with Crippen molar-refractivity contribution in [3.8, 4) is 11.5 Å². The zero-order chi connectivity index (χ0) is 14.4. The number of carbonyl (C=O) groups is 1. The van der Waals surface area contributed by atoms with E-state index in [1.165, 1.54) is 0 Å². The molecule has 1 heterocycles. The first kappa shape index (κ1) is 14.0. The van der Waals surface area contributed by atoms with Crippen molar-refractivity contribution in [3.05, 3.63) is 35.7 Å². The van der Waals surface area contributed by atoms with E-state index >= 15 is 0 Å². The number of ether oxygens (including phenoxy) is 1. The summed E-state index contributed by atoms with van der Waals surface area (Å²) in [5, 5.41) is 10.6. The Balaban J connectivity index is 1.93. The molecule has 0 radical (unpaired) electrons. The van der Waals surface area contributed by atoms with Gasteiger partial charge in [-0.3, -0.25) is 0 Å². The Morgan fingerprint density at radius 2 is 2.15 bits per heavy atom. The first-order chi connectivity index (χ1) is 9.70. The molecule has 2 rings (SSSR count). The van der Waals surface area contributed by atoms with Gasteiger partial charge in [-0.1, -0.05) is 18.2 Å².